The van der Waals surface area contributed by atoms with Crippen LogP contribution in [0.3, 0.4) is 0 Å². The molecule has 1 aliphatic carbocycles. The third-order valence-electron chi connectivity index (χ3n) is 5.21. The first-order valence-corrected chi connectivity index (χ1v) is 8.77. The van der Waals surface area contributed by atoms with E-state index < -0.39 is 0 Å². The lowest BCUT2D eigenvalue weighted by Gasteiger charge is -2.39. The van der Waals surface area contributed by atoms with Gasteiger partial charge >= 0.3 is 0 Å². The summed E-state index contributed by atoms with van der Waals surface area (Å²) in [7, 11) is 0. The second-order valence-electron chi connectivity index (χ2n) is 6.72. The van der Waals surface area contributed by atoms with Gasteiger partial charge in [-0.15, -0.1) is 5.10 Å². The molecule has 3 atom stereocenters. The van der Waals surface area contributed by atoms with Gasteiger partial charge in [0.05, 0.1) is 31.5 Å². The van der Waals surface area contributed by atoms with E-state index >= 15 is 0 Å². The normalized spacial score (nSPS) is 28.3. The minimum Gasteiger partial charge on any atom is -0.393 e. The molecule has 1 aromatic carbocycles. The number of hydrogen-bond donors (Lipinski definition) is 1. The van der Waals surface area contributed by atoms with Gasteiger partial charge in [-0.1, -0.05) is 24.6 Å². The molecule has 0 bridgehead atoms. The zero-order valence-corrected chi connectivity index (χ0v) is 13.8. The monoisotopic (exact) mass is 328 g/mol. The van der Waals surface area contributed by atoms with Crippen LogP contribution < -0.4 is 0 Å². The molecule has 6 heteroatoms. The minimum absolute atomic E-state index is 0.200. The SMILES string of the molecule is O[C@@H]1CCC[C@@H]1[C@H]1COCCN1Cc1ncn(-c2ccccc2)n1. The highest BCUT2D eigenvalue weighted by Gasteiger charge is 2.37. The molecule has 128 valence electrons. The Morgan fingerprint density at radius 3 is 2.88 bits per heavy atom. The van der Waals surface area contributed by atoms with Crippen LogP contribution in [0.15, 0.2) is 36.7 Å². The van der Waals surface area contributed by atoms with E-state index in [2.05, 4.69) is 15.0 Å². The molecule has 2 aliphatic rings. The number of aliphatic hydroxyl groups excluding tert-OH is 1. The topological polar surface area (TPSA) is 63.4 Å². The molecule has 2 heterocycles. The van der Waals surface area contributed by atoms with Gasteiger partial charge in [-0.05, 0) is 25.0 Å². The molecular formula is C18H24N4O2. The molecule has 1 N–H and O–H groups in total. The van der Waals surface area contributed by atoms with Crippen molar-refractivity contribution in [3.63, 3.8) is 0 Å². The first-order chi connectivity index (χ1) is 11.8. The summed E-state index contributed by atoms with van der Waals surface area (Å²) in [4.78, 5) is 6.86. The van der Waals surface area contributed by atoms with Crippen LogP contribution in [-0.2, 0) is 11.3 Å². The maximum absolute atomic E-state index is 10.3. The fourth-order valence-electron chi connectivity index (χ4n) is 3.92. The molecule has 0 radical (unpaired) electrons. The molecule has 24 heavy (non-hydrogen) atoms. The number of rotatable bonds is 4. The van der Waals surface area contributed by atoms with Crippen LogP contribution in [0.4, 0.5) is 0 Å². The average Bonchev–Trinajstić information content (AvgIpc) is 3.25. The summed E-state index contributed by atoms with van der Waals surface area (Å²) in [5.41, 5.74) is 1.01. The first-order valence-electron chi connectivity index (χ1n) is 8.77. The quantitative estimate of drug-likeness (QED) is 0.924. The van der Waals surface area contributed by atoms with Crippen LogP contribution >= 0.6 is 0 Å². The third kappa shape index (κ3) is 3.22. The summed E-state index contributed by atoms with van der Waals surface area (Å²) in [6.45, 7) is 3.00. The Kier molecular flexibility index (Phi) is 4.60. The molecule has 1 saturated heterocycles. The minimum atomic E-state index is -0.200. The first kappa shape index (κ1) is 15.7. The number of ether oxygens (including phenoxy) is 1. The Morgan fingerprint density at radius 1 is 1.21 bits per heavy atom. The van der Waals surface area contributed by atoms with Crippen molar-refractivity contribution in [2.75, 3.05) is 19.8 Å². The average molecular weight is 328 g/mol. The Hall–Kier alpha value is -1.76. The summed E-state index contributed by atoms with van der Waals surface area (Å²) in [6.07, 6.45) is 4.67. The summed E-state index contributed by atoms with van der Waals surface area (Å²) < 4.78 is 7.50. The Labute approximate surface area is 142 Å². The molecule has 1 aromatic heterocycles. The van der Waals surface area contributed by atoms with E-state index in [4.69, 9.17) is 4.74 Å². The fraction of sp³-hybridized carbons (Fsp3) is 0.556. The van der Waals surface area contributed by atoms with Crippen molar-refractivity contribution in [2.45, 2.75) is 38.0 Å². The van der Waals surface area contributed by atoms with Crippen molar-refractivity contribution < 1.29 is 9.84 Å². The number of aromatic nitrogens is 3. The summed E-state index contributed by atoms with van der Waals surface area (Å²) in [6, 6.07) is 10.3. The second-order valence-corrected chi connectivity index (χ2v) is 6.72. The molecular weight excluding hydrogens is 304 g/mol. The number of hydrogen-bond acceptors (Lipinski definition) is 5. The lowest BCUT2D eigenvalue weighted by molar-refractivity contribution is -0.0545. The van der Waals surface area contributed by atoms with Gasteiger partial charge in [0.2, 0.25) is 0 Å². The molecule has 0 unspecified atom stereocenters. The predicted octanol–water partition coefficient (Wildman–Crippen LogP) is 1.63. The van der Waals surface area contributed by atoms with Gasteiger partial charge in [0.15, 0.2) is 5.82 Å². The number of benzene rings is 1. The van der Waals surface area contributed by atoms with E-state index in [1.165, 1.54) is 0 Å². The standard InChI is InChI=1S/C18H24N4O2/c23-17-8-4-7-15(17)16-12-24-10-9-21(16)11-18-19-13-22(20-18)14-5-2-1-3-6-14/h1-3,5-6,13,15-17,23H,4,7-12H2/t15-,16-,17-/m1/s1. The fourth-order valence-corrected chi connectivity index (χ4v) is 3.92. The smallest absolute Gasteiger partial charge is 0.165 e. The van der Waals surface area contributed by atoms with Gasteiger partial charge in [-0.2, -0.15) is 0 Å². The largest absolute Gasteiger partial charge is 0.393 e. The highest BCUT2D eigenvalue weighted by Crippen LogP contribution is 2.32. The van der Waals surface area contributed by atoms with Gasteiger partial charge in [0.1, 0.15) is 6.33 Å². The second kappa shape index (κ2) is 7.01. The van der Waals surface area contributed by atoms with Gasteiger partial charge in [-0.25, -0.2) is 9.67 Å². The third-order valence-corrected chi connectivity index (χ3v) is 5.21. The molecule has 2 fully saturated rings. The van der Waals surface area contributed by atoms with E-state index in [0.717, 1.165) is 43.9 Å². The van der Waals surface area contributed by atoms with Crippen LogP contribution in [0.2, 0.25) is 0 Å². The zero-order valence-electron chi connectivity index (χ0n) is 13.8. The number of para-hydroxylation sites is 1. The summed E-state index contributed by atoms with van der Waals surface area (Å²) >= 11 is 0. The van der Waals surface area contributed by atoms with E-state index in [-0.39, 0.29) is 12.1 Å². The lowest BCUT2D eigenvalue weighted by atomic mass is 9.94. The molecule has 4 rings (SSSR count). The number of aliphatic hydroxyl groups is 1. The molecule has 1 aliphatic heterocycles. The highest BCUT2D eigenvalue weighted by molar-refractivity contribution is 5.29. The van der Waals surface area contributed by atoms with Crippen molar-refractivity contribution >= 4 is 0 Å². The van der Waals surface area contributed by atoms with Crippen LogP contribution in [0.25, 0.3) is 5.69 Å². The molecule has 0 amide bonds. The van der Waals surface area contributed by atoms with Crippen molar-refractivity contribution in [3.05, 3.63) is 42.5 Å². The zero-order chi connectivity index (χ0) is 16.4. The van der Waals surface area contributed by atoms with Crippen LogP contribution in [0, 0.1) is 5.92 Å². The van der Waals surface area contributed by atoms with Crippen LogP contribution in [-0.4, -0.2) is 56.7 Å². The maximum Gasteiger partial charge on any atom is 0.165 e. The summed E-state index contributed by atoms with van der Waals surface area (Å²) in [5.74, 6) is 1.12. The van der Waals surface area contributed by atoms with E-state index in [1.54, 1.807) is 6.33 Å². The summed E-state index contributed by atoms with van der Waals surface area (Å²) in [5, 5.41) is 14.9. The van der Waals surface area contributed by atoms with Gasteiger partial charge in [-0.3, -0.25) is 4.90 Å². The lowest BCUT2D eigenvalue weighted by Crippen LogP contribution is -2.50. The Morgan fingerprint density at radius 2 is 2.08 bits per heavy atom. The van der Waals surface area contributed by atoms with E-state index in [9.17, 15) is 5.11 Å². The van der Waals surface area contributed by atoms with Crippen molar-refractivity contribution in [1.29, 1.82) is 0 Å². The van der Waals surface area contributed by atoms with Crippen LogP contribution in [0.5, 0.6) is 0 Å². The molecule has 2 aromatic rings. The van der Waals surface area contributed by atoms with Gasteiger partial charge in [0.25, 0.3) is 0 Å². The number of morpholine rings is 1. The van der Waals surface area contributed by atoms with Gasteiger partial charge in [0, 0.05) is 18.5 Å². The Balaban J connectivity index is 1.48. The number of nitrogens with zero attached hydrogens (tertiary/aromatic N) is 4. The van der Waals surface area contributed by atoms with Crippen molar-refractivity contribution in [3.8, 4) is 5.69 Å². The maximum atomic E-state index is 10.3. The molecule has 6 nitrogen and oxygen atoms in total. The highest BCUT2D eigenvalue weighted by atomic mass is 16.5. The Bertz CT molecular complexity index is 660. The van der Waals surface area contributed by atoms with E-state index in [1.807, 2.05) is 35.0 Å². The molecule has 0 spiro atoms. The predicted molar refractivity (Wildman–Crippen MR) is 89.7 cm³/mol. The van der Waals surface area contributed by atoms with Crippen LogP contribution in [0.1, 0.15) is 25.1 Å². The van der Waals surface area contributed by atoms with Gasteiger partial charge < -0.3 is 9.84 Å². The molecule has 1 saturated carbocycles. The van der Waals surface area contributed by atoms with Crippen molar-refractivity contribution in [2.24, 2.45) is 5.92 Å². The van der Waals surface area contributed by atoms with E-state index in [0.29, 0.717) is 19.1 Å². The van der Waals surface area contributed by atoms with Crippen molar-refractivity contribution in [1.82, 2.24) is 19.7 Å².